The van der Waals surface area contributed by atoms with Crippen molar-refractivity contribution in [2.45, 2.75) is 6.04 Å². The molecular weight excluding hydrogens is 198 g/mol. The van der Waals surface area contributed by atoms with E-state index in [1.165, 1.54) is 5.56 Å². The number of nitrogens with one attached hydrogen (secondary N) is 1. The van der Waals surface area contributed by atoms with Crippen LogP contribution in [0.25, 0.3) is 0 Å². The maximum absolute atomic E-state index is 9.48. The molecule has 2 aromatic carbocycles. The van der Waals surface area contributed by atoms with Crippen molar-refractivity contribution in [1.82, 2.24) is 5.32 Å². The van der Waals surface area contributed by atoms with Gasteiger partial charge in [0.05, 0.1) is 6.04 Å². The lowest BCUT2D eigenvalue weighted by Gasteiger charge is -2.17. The summed E-state index contributed by atoms with van der Waals surface area (Å²) in [5.41, 5.74) is 2.25. The van der Waals surface area contributed by atoms with Crippen LogP contribution in [0.2, 0.25) is 0 Å². The van der Waals surface area contributed by atoms with Gasteiger partial charge < -0.3 is 10.4 Å². The van der Waals surface area contributed by atoms with Gasteiger partial charge >= 0.3 is 0 Å². The fourth-order valence-corrected chi connectivity index (χ4v) is 1.88. The summed E-state index contributed by atoms with van der Waals surface area (Å²) in [6.45, 7) is 0. The molecule has 0 saturated carbocycles. The maximum atomic E-state index is 9.48. The molecular formula is C14H15NO. The van der Waals surface area contributed by atoms with Gasteiger partial charge in [0.1, 0.15) is 5.75 Å². The lowest BCUT2D eigenvalue weighted by atomic mass is 9.99. The topological polar surface area (TPSA) is 32.3 Å². The van der Waals surface area contributed by atoms with Crippen LogP contribution in [0.15, 0.2) is 54.6 Å². The monoisotopic (exact) mass is 213 g/mol. The molecule has 2 N–H and O–H groups in total. The molecule has 0 aliphatic carbocycles. The van der Waals surface area contributed by atoms with Crippen LogP contribution in [0.1, 0.15) is 17.2 Å². The molecule has 0 aliphatic rings. The van der Waals surface area contributed by atoms with Crippen LogP contribution in [0.4, 0.5) is 0 Å². The largest absolute Gasteiger partial charge is 0.508 e. The van der Waals surface area contributed by atoms with E-state index in [1.807, 2.05) is 37.4 Å². The van der Waals surface area contributed by atoms with Gasteiger partial charge in [-0.2, -0.15) is 0 Å². The van der Waals surface area contributed by atoms with E-state index in [0.29, 0.717) is 5.75 Å². The summed E-state index contributed by atoms with van der Waals surface area (Å²) < 4.78 is 0. The molecule has 0 amide bonds. The Kier molecular flexibility index (Phi) is 3.22. The van der Waals surface area contributed by atoms with Crippen molar-refractivity contribution in [2.75, 3.05) is 7.05 Å². The molecule has 2 heteroatoms. The van der Waals surface area contributed by atoms with E-state index >= 15 is 0 Å². The van der Waals surface area contributed by atoms with Crippen molar-refractivity contribution in [1.29, 1.82) is 0 Å². The first-order chi connectivity index (χ1) is 7.81. The Hall–Kier alpha value is -1.80. The summed E-state index contributed by atoms with van der Waals surface area (Å²) in [5.74, 6) is 0.300. The smallest absolute Gasteiger partial charge is 0.115 e. The van der Waals surface area contributed by atoms with Gasteiger partial charge in [0.25, 0.3) is 0 Å². The Balaban J connectivity index is 2.37. The van der Waals surface area contributed by atoms with Crippen molar-refractivity contribution < 1.29 is 5.11 Å². The normalized spacial score (nSPS) is 12.3. The Morgan fingerprint density at radius 3 is 2.25 bits per heavy atom. The molecule has 2 nitrogen and oxygen atoms in total. The van der Waals surface area contributed by atoms with Gasteiger partial charge in [-0.25, -0.2) is 0 Å². The van der Waals surface area contributed by atoms with Crippen LogP contribution in [-0.2, 0) is 0 Å². The van der Waals surface area contributed by atoms with Crippen LogP contribution in [0, 0.1) is 0 Å². The van der Waals surface area contributed by atoms with Gasteiger partial charge in [-0.05, 0) is 30.3 Å². The number of hydrogen-bond donors (Lipinski definition) is 2. The highest BCUT2D eigenvalue weighted by Crippen LogP contribution is 2.23. The number of phenolic OH excluding ortho intramolecular Hbond substituents is 1. The number of hydrogen-bond acceptors (Lipinski definition) is 2. The minimum Gasteiger partial charge on any atom is -0.508 e. The molecule has 0 aliphatic heterocycles. The highest BCUT2D eigenvalue weighted by atomic mass is 16.3. The van der Waals surface area contributed by atoms with E-state index in [0.717, 1.165) is 5.56 Å². The van der Waals surface area contributed by atoms with Gasteiger partial charge in [0, 0.05) is 0 Å². The van der Waals surface area contributed by atoms with Crippen molar-refractivity contribution in [3.8, 4) is 5.75 Å². The molecule has 0 aromatic heterocycles. The molecule has 0 bridgehead atoms. The quantitative estimate of drug-likeness (QED) is 0.821. The van der Waals surface area contributed by atoms with E-state index in [1.54, 1.807) is 12.1 Å². The van der Waals surface area contributed by atoms with Gasteiger partial charge in [-0.3, -0.25) is 0 Å². The Bertz CT molecular complexity index is 453. The minimum absolute atomic E-state index is 0.119. The van der Waals surface area contributed by atoms with Crippen LogP contribution in [0.5, 0.6) is 5.75 Å². The predicted octanol–water partition coefficient (Wildman–Crippen LogP) is 2.70. The molecule has 0 saturated heterocycles. The van der Waals surface area contributed by atoms with E-state index in [-0.39, 0.29) is 6.04 Å². The van der Waals surface area contributed by atoms with Crippen LogP contribution in [0.3, 0.4) is 0 Å². The zero-order valence-corrected chi connectivity index (χ0v) is 9.22. The Labute approximate surface area is 95.6 Å². The first kappa shape index (κ1) is 10.7. The van der Waals surface area contributed by atoms with Gasteiger partial charge in [0.2, 0.25) is 0 Å². The zero-order chi connectivity index (χ0) is 11.4. The van der Waals surface area contributed by atoms with Crippen molar-refractivity contribution in [3.63, 3.8) is 0 Å². The molecule has 16 heavy (non-hydrogen) atoms. The van der Waals surface area contributed by atoms with Gasteiger partial charge in [-0.15, -0.1) is 0 Å². The molecule has 2 rings (SSSR count). The third kappa shape index (κ3) is 2.23. The zero-order valence-electron chi connectivity index (χ0n) is 9.22. The summed E-state index contributed by atoms with van der Waals surface area (Å²) in [5, 5.41) is 12.7. The van der Waals surface area contributed by atoms with Crippen molar-refractivity contribution in [2.24, 2.45) is 0 Å². The highest BCUT2D eigenvalue weighted by molar-refractivity contribution is 5.35. The molecule has 0 spiro atoms. The molecule has 1 atom stereocenters. The van der Waals surface area contributed by atoms with E-state index in [9.17, 15) is 5.11 Å². The Morgan fingerprint density at radius 1 is 0.938 bits per heavy atom. The van der Waals surface area contributed by atoms with Gasteiger partial charge in [0.15, 0.2) is 0 Å². The van der Waals surface area contributed by atoms with E-state index in [2.05, 4.69) is 17.4 Å². The average molecular weight is 213 g/mol. The predicted molar refractivity (Wildman–Crippen MR) is 65.5 cm³/mol. The number of phenols is 1. The van der Waals surface area contributed by atoms with Crippen LogP contribution >= 0.6 is 0 Å². The van der Waals surface area contributed by atoms with Crippen molar-refractivity contribution >= 4 is 0 Å². The fraction of sp³-hybridized carbons (Fsp3) is 0.143. The summed E-state index contributed by atoms with van der Waals surface area (Å²) in [6, 6.07) is 17.6. The second kappa shape index (κ2) is 4.81. The summed E-state index contributed by atoms with van der Waals surface area (Å²) in [6.07, 6.45) is 0. The first-order valence-electron chi connectivity index (χ1n) is 5.32. The van der Waals surface area contributed by atoms with Gasteiger partial charge in [-0.1, -0.05) is 42.5 Å². The second-order valence-electron chi connectivity index (χ2n) is 3.73. The SMILES string of the molecule is CNC(c1ccccc1)c1cccc(O)c1. The van der Waals surface area contributed by atoms with Crippen molar-refractivity contribution in [3.05, 3.63) is 65.7 Å². The summed E-state index contributed by atoms with van der Waals surface area (Å²) in [7, 11) is 1.92. The molecule has 0 heterocycles. The number of rotatable bonds is 3. The average Bonchev–Trinajstić information content (AvgIpc) is 2.31. The minimum atomic E-state index is 0.119. The summed E-state index contributed by atoms with van der Waals surface area (Å²) >= 11 is 0. The highest BCUT2D eigenvalue weighted by Gasteiger charge is 2.11. The number of aromatic hydroxyl groups is 1. The van der Waals surface area contributed by atoms with E-state index in [4.69, 9.17) is 0 Å². The second-order valence-corrected chi connectivity index (χ2v) is 3.73. The molecule has 2 aromatic rings. The van der Waals surface area contributed by atoms with E-state index < -0.39 is 0 Å². The third-order valence-corrected chi connectivity index (χ3v) is 2.63. The molecule has 1 unspecified atom stereocenters. The van der Waals surface area contributed by atoms with Crippen LogP contribution in [-0.4, -0.2) is 12.2 Å². The Morgan fingerprint density at radius 2 is 1.62 bits per heavy atom. The van der Waals surface area contributed by atoms with Crippen LogP contribution < -0.4 is 5.32 Å². The molecule has 0 radical (unpaired) electrons. The molecule has 82 valence electrons. The lowest BCUT2D eigenvalue weighted by Crippen LogP contribution is -2.17. The fourth-order valence-electron chi connectivity index (χ4n) is 1.88. The lowest BCUT2D eigenvalue weighted by molar-refractivity contribution is 0.473. The molecule has 0 fully saturated rings. The summed E-state index contributed by atoms with van der Waals surface area (Å²) in [4.78, 5) is 0. The number of benzene rings is 2. The maximum Gasteiger partial charge on any atom is 0.115 e. The third-order valence-electron chi connectivity index (χ3n) is 2.63. The first-order valence-corrected chi connectivity index (χ1v) is 5.32. The standard InChI is InChI=1S/C14H15NO/c1-15-14(11-6-3-2-4-7-11)12-8-5-9-13(16)10-12/h2-10,14-16H,1H3.